The van der Waals surface area contributed by atoms with E-state index in [1.807, 2.05) is 0 Å². The lowest BCUT2D eigenvalue weighted by Gasteiger charge is -2.28. The lowest BCUT2D eigenvalue weighted by Crippen LogP contribution is -2.14. The minimum absolute atomic E-state index is 0.959. The number of rotatable bonds is 3. The molecule has 1 saturated carbocycles. The zero-order valence-electron chi connectivity index (χ0n) is 8.60. The predicted octanol–water partition coefficient (Wildman–Crippen LogP) is 4.17. The lowest BCUT2D eigenvalue weighted by molar-refractivity contribution is 0.259. The summed E-state index contributed by atoms with van der Waals surface area (Å²) in [7, 11) is 0. The van der Waals surface area contributed by atoms with Gasteiger partial charge in [-0.15, -0.1) is 6.58 Å². The summed E-state index contributed by atoms with van der Waals surface area (Å²) in [5.74, 6) is 1.98. The zero-order chi connectivity index (χ0) is 8.97. The first-order chi connectivity index (χ1) is 5.72. The van der Waals surface area contributed by atoms with E-state index in [2.05, 4.69) is 20.4 Å². The van der Waals surface area contributed by atoms with Crippen LogP contribution >= 0.6 is 0 Å². The Morgan fingerprint density at radius 1 is 1.33 bits per heavy atom. The average Bonchev–Trinajstić information content (AvgIpc) is 2.03. The highest BCUT2D eigenvalue weighted by molar-refractivity contribution is 4.91. The molecule has 12 heavy (non-hydrogen) atoms. The molecule has 1 rings (SSSR count). The highest BCUT2D eigenvalue weighted by atomic mass is 14.3. The molecule has 0 bridgehead atoms. The molecule has 0 aromatic rings. The molecule has 1 aliphatic carbocycles. The minimum atomic E-state index is 0.959. The number of hydrogen-bond acceptors (Lipinski definition) is 0. The van der Waals surface area contributed by atoms with Crippen molar-refractivity contribution in [3.8, 4) is 0 Å². The molecule has 0 saturated heterocycles. The van der Waals surface area contributed by atoms with E-state index in [-0.39, 0.29) is 0 Å². The molecule has 0 radical (unpaired) electrons. The second kappa shape index (κ2) is 4.69. The summed E-state index contributed by atoms with van der Waals surface area (Å²) < 4.78 is 0. The van der Waals surface area contributed by atoms with Gasteiger partial charge in [-0.25, -0.2) is 0 Å². The van der Waals surface area contributed by atoms with Crippen molar-refractivity contribution in [1.82, 2.24) is 0 Å². The molecular formula is C12H22. The minimum Gasteiger partial charge on any atom is -0.100 e. The molecule has 0 heterocycles. The third-order valence-electron chi connectivity index (χ3n) is 3.11. The molecule has 0 amide bonds. The monoisotopic (exact) mass is 166 g/mol. The van der Waals surface area contributed by atoms with Crippen molar-refractivity contribution < 1.29 is 0 Å². The standard InChI is InChI=1S/C12H22/c1-4-11-6-5-7-12(9-11)8-10(2)3/h11-12H,2,4-9H2,1,3H3. The maximum absolute atomic E-state index is 4.00. The van der Waals surface area contributed by atoms with Gasteiger partial charge in [-0.3, -0.25) is 0 Å². The van der Waals surface area contributed by atoms with Crippen LogP contribution in [0.4, 0.5) is 0 Å². The third-order valence-corrected chi connectivity index (χ3v) is 3.11. The molecule has 0 N–H and O–H groups in total. The van der Waals surface area contributed by atoms with Crippen molar-refractivity contribution in [2.45, 2.75) is 52.4 Å². The Labute approximate surface area is 77.1 Å². The van der Waals surface area contributed by atoms with Gasteiger partial charge in [0.05, 0.1) is 0 Å². The molecule has 70 valence electrons. The molecular weight excluding hydrogens is 144 g/mol. The van der Waals surface area contributed by atoms with Crippen molar-refractivity contribution in [2.24, 2.45) is 11.8 Å². The van der Waals surface area contributed by atoms with Crippen LogP contribution in [-0.2, 0) is 0 Å². The molecule has 0 heteroatoms. The summed E-state index contributed by atoms with van der Waals surface area (Å²) in [5.41, 5.74) is 1.37. The molecule has 0 aliphatic heterocycles. The molecule has 1 fully saturated rings. The lowest BCUT2D eigenvalue weighted by atomic mass is 9.78. The first kappa shape index (κ1) is 9.83. The smallest absolute Gasteiger partial charge is 0.0297 e. The first-order valence-electron chi connectivity index (χ1n) is 5.36. The fourth-order valence-electron chi connectivity index (χ4n) is 2.45. The van der Waals surface area contributed by atoms with Crippen LogP contribution in [-0.4, -0.2) is 0 Å². The van der Waals surface area contributed by atoms with E-state index in [1.165, 1.54) is 44.1 Å². The molecule has 0 spiro atoms. The third kappa shape index (κ3) is 3.00. The van der Waals surface area contributed by atoms with Crippen molar-refractivity contribution >= 4 is 0 Å². The van der Waals surface area contributed by atoms with Crippen LogP contribution in [0.1, 0.15) is 52.4 Å². The molecule has 1 aliphatic rings. The van der Waals surface area contributed by atoms with Gasteiger partial charge in [0.25, 0.3) is 0 Å². The van der Waals surface area contributed by atoms with Gasteiger partial charge < -0.3 is 0 Å². The summed E-state index contributed by atoms with van der Waals surface area (Å²) in [6.07, 6.45) is 8.50. The topological polar surface area (TPSA) is 0 Å². The summed E-state index contributed by atoms with van der Waals surface area (Å²) >= 11 is 0. The Morgan fingerprint density at radius 2 is 2.00 bits per heavy atom. The Balaban J connectivity index is 2.30. The van der Waals surface area contributed by atoms with Gasteiger partial charge in [0, 0.05) is 0 Å². The molecule has 2 atom stereocenters. The van der Waals surface area contributed by atoms with Gasteiger partial charge in [-0.05, 0) is 31.6 Å². The zero-order valence-corrected chi connectivity index (χ0v) is 8.60. The molecule has 0 aromatic carbocycles. The van der Waals surface area contributed by atoms with Crippen molar-refractivity contribution in [3.05, 3.63) is 12.2 Å². The summed E-state index contributed by atoms with van der Waals surface area (Å²) in [6, 6.07) is 0. The first-order valence-corrected chi connectivity index (χ1v) is 5.36. The van der Waals surface area contributed by atoms with Gasteiger partial charge in [0.15, 0.2) is 0 Å². The largest absolute Gasteiger partial charge is 0.100 e. The molecule has 2 unspecified atom stereocenters. The van der Waals surface area contributed by atoms with Crippen LogP contribution in [0.2, 0.25) is 0 Å². The van der Waals surface area contributed by atoms with Crippen LogP contribution in [0.15, 0.2) is 12.2 Å². The fraction of sp³-hybridized carbons (Fsp3) is 0.833. The van der Waals surface area contributed by atoms with Crippen LogP contribution in [0.3, 0.4) is 0 Å². The summed E-state index contributed by atoms with van der Waals surface area (Å²) in [5, 5.41) is 0. The average molecular weight is 166 g/mol. The van der Waals surface area contributed by atoms with Crippen LogP contribution in [0.5, 0.6) is 0 Å². The van der Waals surface area contributed by atoms with Crippen LogP contribution < -0.4 is 0 Å². The van der Waals surface area contributed by atoms with Crippen molar-refractivity contribution in [1.29, 1.82) is 0 Å². The van der Waals surface area contributed by atoms with Gasteiger partial charge in [0.1, 0.15) is 0 Å². The summed E-state index contributed by atoms with van der Waals surface area (Å²) in [6.45, 7) is 8.49. The predicted molar refractivity (Wildman–Crippen MR) is 55.2 cm³/mol. The van der Waals surface area contributed by atoms with E-state index in [0.29, 0.717) is 0 Å². The molecule has 0 aromatic heterocycles. The number of hydrogen-bond donors (Lipinski definition) is 0. The maximum Gasteiger partial charge on any atom is -0.0297 e. The van der Waals surface area contributed by atoms with E-state index in [4.69, 9.17) is 0 Å². The van der Waals surface area contributed by atoms with E-state index < -0.39 is 0 Å². The van der Waals surface area contributed by atoms with Crippen molar-refractivity contribution in [3.63, 3.8) is 0 Å². The second-order valence-electron chi connectivity index (χ2n) is 4.47. The highest BCUT2D eigenvalue weighted by Crippen LogP contribution is 2.33. The maximum atomic E-state index is 4.00. The van der Waals surface area contributed by atoms with Gasteiger partial charge >= 0.3 is 0 Å². The van der Waals surface area contributed by atoms with Crippen LogP contribution in [0, 0.1) is 11.8 Å². The Hall–Kier alpha value is -0.260. The second-order valence-corrected chi connectivity index (χ2v) is 4.47. The van der Waals surface area contributed by atoms with Gasteiger partial charge in [-0.1, -0.05) is 38.2 Å². The number of allylic oxidation sites excluding steroid dienone is 1. The Morgan fingerprint density at radius 3 is 2.58 bits per heavy atom. The fourth-order valence-corrected chi connectivity index (χ4v) is 2.45. The van der Waals surface area contributed by atoms with Crippen LogP contribution in [0.25, 0.3) is 0 Å². The van der Waals surface area contributed by atoms with E-state index in [0.717, 1.165) is 11.8 Å². The van der Waals surface area contributed by atoms with E-state index >= 15 is 0 Å². The van der Waals surface area contributed by atoms with Gasteiger partial charge in [-0.2, -0.15) is 0 Å². The van der Waals surface area contributed by atoms with Gasteiger partial charge in [0.2, 0.25) is 0 Å². The summed E-state index contributed by atoms with van der Waals surface area (Å²) in [4.78, 5) is 0. The molecule has 0 nitrogen and oxygen atoms in total. The van der Waals surface area contributed by atoms with E-state index in [9.17, 15) is 0 Å². The Bertz CT molecular complexity index is 146. The van der Waals surface area contributed by atoms with E-state index in [1.54, 1.807) is 0 Å². The normalized spacial score (nSPS) is 30.2. The Kier molecular flexibility index (Phi) is 3.84. The highest BCUT2D eigenvalue weighted by Gasteiger charge is 2.20. The quantitative estimate of drug-likeness (QED) is 0.552. The SMILES string of the molecule is C=C(C)CC1CCCC(CC)C1. The van der Waals surface area contributed by atoms with Crippen molar-refractivity contribution in [2.75, 3.05) is 0 Å².